The van der Waals surface area contributed by atoms with E-state index in [1.165, 1.54) is 7.11 Å². The lowest BCUT2D eigenvalue weighted by Gasteiger charge is -2.22. The van der Waals surface area contributed by atoms with E-state index in [0.29, 0.717) is 17.1 Å². The van der Waals surface area contributed by atoms with Crippen molar-refractivity contribution < 1.29 is 19.4 Å². The maximum atomic E-state index is 10.9. The monoisotopic (exact) mass is 195 g/mol. The van der Waals surface area contributed by atoms with Gasteiger partial charge in [-0.2, -0.15) is 0 Å². The molecular weight excluding hydrogens is 186 g/mol. The molecule has 0 aromatic heterocycles. The summed E-state index contributed by atoms with van der Waals surface area (Å²) >= 11 is 0. The number of carbonyl (C=O) groups is 1. The van der Waals surface area contributed by atoms with Crippen LogP contribution in [0.25, 0.3) is 0 Å². The van der Waals surface area contributed by atoms with Crippen molar-refractivity contribution in [2.24, 2.45) is 0 Å². The standard InChI is InChI=1S/C9H9NO4/c1-13-5-2-3-7-6(4-5)8(11)10-9(12)14-7/h2-4,8,11H,1H3,(H,10,12)/t8-/m1/s1. The van der Waals surface area contributed by atoms with Crippen LogP contribution in [0.3, 0.4) is 0 Å². The minimum atomic E-state index is -1.04. The summed E-state index contributed by atoms with van der Waals surface area (Å²) < 4.78 is 9.81. The predicted octanol–water partition coefficient (Wildman–Crippen LogP) is 0.788. The molecule has 14 heavy (non-hydrogen) atoms. The van der Waals surface area contributed by atoms with Crippen LogP contribution in [0.5, 0.6) is 11.5 Å². The number of fused-ring (bicyclic) bond motifs is 1. The molecule has 0 bridgehead atoms. The van der Waals surface area contributed by atoms with Gasteiger partial charge in [-0.3, -0.25) is 5.32 Å². The predicted molar refractivity (Wildman–Crippen MR) is 47.1 cm³/mol. The molecule has 0 saturated carbocycles. The SMILES string of the molecule is COc1ccc2c(c1)[C@@H](O)NC(=O)O2. The Hall–Kier alpha value is -1.75. The average molecular weight is 195 g/mol. The summed E-state index contributed by atoms with van der Waals surface area (Å²) in [5.41, 5.74) is 0.490. The summed E-state index contributed by atoms with van der Waals surface area (Å²) in [4.78, 5) is 10.9. The normalized spacial score (nSPS) is 19.3. The Morgan fingerprint density at radius 1 is 1.57 bits per heavy atom. The molecule has 0 saturated heterocycles. The maximum absolute atomic E-state index is 10.9. The van der Waals surface area contributed by atoms with Gasteiger partial charge in [0.15, 0.2) is 6.23 Å². The second-order valence-corrected chi connectivity index (χ2v) is 2.84. The Balaban J connectivity index is 2.44. The van der Waals surface area contributed by atoms with Crippen LogP contribution in [0, 0.1) is 0 Å². The largest absolute Gasteiger partial charge is 0.497 e. The summed E-state index contributed by atoms with van der Waals surface area (Å²) in [6.45, 7) is 0. The van der Waals surface area contributed by atoms with Gasteiger partial charge in [-0.25, -0.2) is 4.79 Å². The van der Waals surface area contributed by atoms with Gasteiger partial charge >= 0.3 is 6.09 Å². The van der Waals surface area contributed by atoms with Gasteiger partial charge in [-0.1, -0.05) is 0 Å². The minimum absolute atomic E-state index is 0.349. The molecule has 0 aliphatic carbocycles. The molecule has 5 heteroatoms. The van der Waals surface area contributed by atoms with E-state index >= 15 is 0 Å². The number of ether oxygens (including phenoxy) is 2. The van der Waals surface area contributed by atoms with Crippen molar-refractivity contribution in [3.05, 3.63) is 23.8 Å². The molecule has 2 rings (SSSR count). The Morgan fingerprint density at radius 3 is 3.07 bits per heavy atom. The molecule has 1 aliphatic heterocycles. The van der Waals surface area contributed by atoms with Crippen LogP contribution in [0.2, 0.25) is 0 Å². The number of hydrogen-bond acceptors (Lipinski definition) is 4. The van der Waals surface area contributed by atoms with Gasteiger partial charge in [0.05, 0.1) is 7.11 Å². The Bertz CT molecular complexity index is 377. The fraction of sp³-hybridized carbons (Fsp3) is 0.222. The van der Waals surface area contributed by atoms with Crippen LogP contribution in [0.15, 0.2) is 18.2 Å². The first-order valence-electron chi connectivity index (χ1n) is 4.05. The zero-order valence-corrected chi connectivity index (χ0v) is 7.48. The number of amides is 1. The van der Waals surface area contributed by atoms with E-state index in [4.69, 9.17) is 9.47 Å². The van der Waals surface area contributed by atoms with E-state index < -0.39 is 12.3 Å². The molecule has 1 aromatic rings. The smallest absolute Gasteiger partial charge is 0.414 e. The minimum Gasteiger partial charge on any atom is -0.497 e. The highest BCUT2D eigenvalue weighted by Crippen LogP contribution is 2.30. The molecule has 0 radical (unpaired) electrons. The van der Waals surface area contributed by atoms with Gasteiger partial charge in [-0.15, -0.1) is 0 Å². The molecule has 5 nitrogen and oxygen atoms in total. The molecule has 1 amide bonds. The fourth-order valence-corrected chi connectivity index (χ4v) is 1.28. The summed E-state index contributed by atoms with van der Waals surface area (Å²) in [5, 5.41) is 11.7. The third-order valence-corrected chi connectivity index (χ3v) is 1.97. The molecule has 0 fully saturated rings. The molecule has 0 unspecified atom stereocenters. The Morgan fingerprint density at radius 2 is 2.36 bits per heavy atom. The number of carbonyl (C=O) groups excluding carboxylic acids is 1. The molecule has 1 aliphatic rings. The topological polar surface area (TPSA) is 67.8 Å². The zero-order valence-electron chi connectivity index (χ0n) is 7.48. The van der Waals surface area contributed by atoms with E-state index in [9.17, 15) is 9.90 Å². The summed E-state index contributed by atoms with van der Waals surface area (Å²) in [6, 6.07) is 4.85. The lowest BCUT2D eigenvalue weighted by atomic mass is 10.1. The second-order valence-electron chi connectivity index (χ2n) is 2.84. The van der Waals surface area contributed by atoms with E-state index in [1.807, 2.05) is 0 Å². The van der Waals surface area contributed by atoms with Crippen molar-refractivity contribution in [1.29, 1.82) is 0 Å². The highest BCUT2D eigenvalue weighted by atomic mass is 16.6. The molecule has 1 heterocycles. The van der Waals surface area contributed by atoms with Crippen LogP contribution in [-0.4, -0.2) is 18.3 Å². The van der Waals surface area contributed by atoms with E-state index in [1.54, 1.807) is 18.2 Å². The Kier molecular flexibility index (Phi) is 2.01. The fourth-order valence-electron chi connectivity index (χ4n) is 1.28. The number of aliphatic hydroxyl groups excluding tert-OH is 1. The first-order chi connectivity index (χ1) is 6.70. The van der Waals surface area contributed by atoms with Crippen molar-refractivity contribution in [2.75, 3.05) is 7.11 Å². The van der Waals surface area contributed by atoms with E-state index in [0.717, 1.165) is 0 Å². The first kappa shape index (κ1) is 8.83. The quantitative estimate of drug-likeness (QED) is 0.695. The molecule has 1 atom stereocenters. The van der Waals surface area contributed by atoms with Gasteiger partial charge in [-0.05, 0) is 18.2 Å². The number of hydrogen-bond donors (Lipinski definition) is 2. The van der Waals surface area contributed by atoms with Crippen molar-refractivity contribution in [2.45, 2.75) is 6.23 Å². The maximum Gasteiger partial charge on any atom is 0.414 e. The van der Waals surface area contributed by atoms with Crippen molar-refractivity contribution in [3.8, 4) is 11.5 Å². The zero-order chi connectivity index (χ0) is 10.1. The second kappa shape index (κ2) is 3.19. The number of aliphatic hydroxyl groups is 1. The molecule has 2 N–H and O–H groups in total. The number of methoxy groups -OCH3 is 1. The lowest BCUT2D eigenvalue weighted by Crippen LogP contribution is -2.35. The van der Waals surface area contributed by atoms with Gasteiger partial charge in [0.2, 0.25) is 0 Å². The Labute approximate surface area is 80.3 Å². The van der Waals surface area contributed by atoms with Crippen molar-refractivity contribution >= 4 is 6.09 Å². The third kappa shape index (κ3) is 1.38. The molecular formula is C9H9NO4. The van der Waals surface area contributed by atoms with Crippen LogP contribution in [0.1, 0.15) is 11.8 Å². The molecule has 1 aromatic carbocycles. The van der Waals surface area contributed by atoms with Gasteiger partial charge in [0.1, 0.15) is 11.5 Å². The van der Waals surface area contributed by atoms with Gasteiger partial charge in [0, 0.05) is 5.56 Å². The highest BCUT2D eigenvalue weighted by molar-refractivity contribution is 5.73. The number of benzene rings is 1. The van der Waals surface area contributed by atoms with Crippen LogP contribution in [0.4, 0.5) is 4.79 Å². The third-order valence-electron chi connectivity index (χ3n) is 1.97. The lowest BCUT2D eigenvalue weighted by molar-refractivity contribution is 0.108. The van der Waals surface area contributed by atoms with Crippen LogP contribution < -0.4 is 14.8 Å². The molecule has 0 spiro atoms. The summed E-state index contributed by atoms with van der Waals surface area (Å²) in [5.74, 6) is 0.949. The van der Waals surface area contributed by atoms with Gasteiger partial charge < -0.3 is 14.6 Å². The summed E-state index contributed by atoms with van der Waals surface area (Å²) in [6.07, 6.45) is -1.70. The van der Waals surface area contributed by atoms with Gasteiger partial charge in [0.25, 0.3) is 0 Å². The molecule has 74 valence electrons. The first-order valence-corrected chi connectivity index (χ1v) is 4.05. The average Bonchev–Trinajstić information content (AvgIpc) is 2.17. The highest BCUT2D eigenvalue weighted by Gasteiger charge is 2.24. The van der Waals surface area contributed by atoms with E-state index in [-0.39, 0.29) is 0 Å². The van der Waals surface area contributed by atoms with Crippen LogP contribution >= 0.6 is 0 Å². The summed E-state index contributed by atoms with van der Waals surface area (Å²) in [7, 11) is 1.52. The number of rotatable bonds is 1. The van der Waals surface area contributed by atoms with Crippen molar-refractivity contribution in [3.63, 3.8) is 0 Å². The number of nitrogens with one attached hydrogen (secondary N) is 1. The van der Waals surface area contributed by atoms with Crippen LogP contribution in [-0.2, 0) is 0 Å². The van der Waals surface area contributed by atoms with Crippen molar-refractivity contribution in [1.82, 2.24) is 5.32 Å². The van der Waals surface area contributed by atoms with E-state index in [2.05, 4.69) is 5.32 Å².